The molecule has 2 rings (SSSR count). The molecule has 0 spiro atoms. The third kappa shape index (κ3) is 1.05. The molecule has 0 saturated carbocycles. The van der Waals surface area contributed by atoms with Crippen LogP contribution in [0.1, 0.15) is 0 Å². The Morgan fingerprint density at radius 2 is 2.09 bits per heavy atom. The number of halogens is 1. The van der Waals surface area contributed by atoms with Crippen molar-refractivity contribution in [2.24, 2.45) is 0 Å². The smallest absolute Gasteiger partial charge is 0.125 e. The van der Waals surface area contributed by atoms with Gasteiger partial charge in [-0.1, -0.05) is 0 Å². The first-order chi connectivity index (χ1) is 5.36. The van der Waals surface area contributed by atoms with Crippen LogP contribution in [0, 0.1) is 5.82 Å². The molecule has 0 aliphatic rings. The SMILES string of the molecule is Fc1ccc2ccnnc2c1. The lowest BCUT2D eigenvalue weighted by Gasteiger charge is -1.92. The molecule has 0 aliphatic heterocycles. The normalized spacial score (nSPS) is 10.3. The van der Waals surface area contributed by atoms with Crippen molar-refractivity contribution in [2.75, 3.05) is 0 Å². The number of rotatable bonds is 0. The molecule has 0 fully saturated rings. The monoisotopic (exact) mass is 148 g/mol. The van der Waals surface area contributed by atoms with Gasteiger partial charge in [-0.15, -0.1) is 0 Å². The number of hydrogen-bond donors (Lipinski definition) is 0. The van der Waals surface area contributed by atoms with Gasteiger partial charge in [0.15, 0.2) is 0 Å². The molecule has 54 valence electrons. The lowest BCUT2D eigenvalue weighted by molar-refractivity contribution is 0.629. The van der Waals surface area contributed by atoms with Gasteiger partial charge in [0.25, 0.3) is 0 Å². The van der Waals surface area contributed by atoms with Crippen LogP contribution >= 0.6 is 0 Å². The standard InChI is InChI=1S/C8H5FN2/c9-7-2-1-6-3-4-10-11-8(6)5-7/h1-5H. The van der Waals surface area contributed by atoms with Crippen LogP contribution < -0.4 is 0 Å². The summed E-state index contributed by atoms with van der Waals surface area (Å²) in [4.78, 5) is 0. The molecule has 0 unspecified atom stereocenters. The predicted octanol–water partition coefficient (Wildman–Crippen LogP) is 1.77. The summed E-state index contributed by atoms with van der Waals surface area (Å²) >= 11 is 0. The molecule has 1 heterocycles. The van der Waals surface area contributed by atoms with Crippen molar-refractivity contribution in [3.63, 3.8) is 0 Å². The minimum Gasteiger partial charge on any atom is -0.207 e. The Kier molecular flexibility index (Phi) is 1.28. The van der Waals surface area contributed by atoms with Gasteiger partial charge in [-0.05, 0) is 18.2 Å². The van der Waals surface area contributed by atoms with Crippen LogP contribution in [-0.4, -0.2) is 10.2 Å². The summed E-state index contributed by atoms with van der Waals surface area (Å²) in [6.45, 7) is 0. The first kappa shape index (κ1) is 6.22. The third-order valence-corrected chi connectivity index (χ3v) is 1.48. The van der Waals surface area contributed by atoms with Crippen LogP contribution in [0.3, 0.4) is 0 Å². The number of benzene rings is 1. The Morgan fingerprint density at radius 1 is 1.18 bits per heavy atom. The zero-order chi connectivity index (χ0) is 7.68. The lowest BCUT2D eigenvalue weighted by atomic mass is 10.2. The highest BCUT2D eigenvalue weighted by Crippen LogP contribution is 2.10. The topological polar surface area (TPSA) is 25.8 Å². The molecule has 0 saturated heterocycles. The molecule has 0 radical (unpaired) electrons. The zero-order valence-corrected chi connectivity index (χ0v) is 5.66. The maximum absolute atomic E-state index is 12.6. The molecule has 0 N–H and O–H groups in total. The van der Waals surface area contributed by atoms with E-state index in [1.807, 2.05) is 0 Å². The van der Waals surface area contributed by atoms with Crippen LogP contribution in [0.15, 0.2) is 30.5 Å². The Hall–Kier alpha value is -1.51. The number of aromatic nitrogens is 2. The minimum absolute atomic E-state index is 0.280. The molecule has 3 heteroatoms. The van der Waals surface area contributed by atoms with Crippen molar-refractivity contribution in [1.29, 1.82) is 0 Å². The van der Waals surface area contributed by atoms with Crippen molar-refractivity contribution in [1.82, 2.24) is 10.2 Å². The molecule has 1 aromatic heterocycles. The molecule has 11 heavy (non-hydrogen) atoms. The Balaban J connectivity index is 2.83. The highest BCUT2D eigenvalue weighted by molar-refractivity contribution is 5.77. The summed E-state index contributed by atoms with van der Waals surface area (Å²) in [6, 6.07) is 6.24. The molecule has 0 atom stereocenters. The van der Waals surface area contributed by atoms with Gasteiger partial charge in [0.2, 0.25) is 0 Å². The van der Waals surface area contributed by atoms with E-state index < -0.39 is 0 Å². The van der Waals surface area contributed by atoms with Gasteiger partial charge in [-0.3, -0.25) is 0 Å². The van der Waals surface area contributed by atoms with E-state index >= 15 is 0 Å². The molecule has 2 aromatic rings. The summed E-state index contributed by atoms with van der Waals surface area (Å²) in [5, 5.41) is 8.29. The number of hydrogen-bond acceptors (Lipinski definition) is 2. The number of fused-ring (bicyclic) bond motifs is 1. The molecular weight excluding hydrogens is 143 g/mol. The van der Waals surface area contributed by atoms with Crippen LogP contribution in [0.5, 0.6) is 0 Å². The maximum Gasteiger partial charge on any atom is 0.125 e. The van der Waals surface area contributed by atoms with Crippen molar-refractivity contribution < 1.29 is 4.39 Å². The van der Waals surface area contributed by atoms with E-state index in [9.17, 15) is 4.39 Å². The summed E-state index contributed by atoms with van der Waals surface area (Å²) in [5.74, 6) is -0.280. The minimum atomic E-state index is -0.280. The second-order valence-corrected chi connectivity index (χ2v) is 2.23. The van der Waals surface area contributed by atoms with Crippen molar-refractivity contribution in [2.45, 2.75) is 0 Å². The second kappa shape index (κ2) is 2.27. The Bertz CT molecular complexity index is 387. The zero-order valence-electron chi connectivity index (χ0n) is 5.66. The largest absolute Gasteiger partial charge is 0.207 e. The van der Waals surface area contributed by atoms with Crippen LogP contribution in [0.2, 0.25) is 0 Å². The molecule has 2 nitrogen and oxygen atoms in total. The average Bonchev–Trinajstić information content (AvgIpc) is 2.04. The van der Waals surface area contributed by atoms with Gasteiger partial charge in [0.05, 0.1) is 11.7 Å². The van der Waals surface area contributed by atoms with Gasteiger partial charge in [-0.25, -0.2) is 4.39 Å². The molecular formula is C8H5FN2. The van der Waals surface area contributed by atoms with Crippen LogP contribution in [-0.2, 0) is 0 Å². The molecule has 0 aliphatic carbocycles. The average molecular weight is 148 g/mol. The second-order valence-electron chi connectivity index (χ2n) is 2.23. The van der Waals surface area contributed by atoms with E-state index in [0.717, 1.165) is 5.39 Å². The summed E-state index contributed by atoms with van der Waals surface area (Å²) in [7, 11) is 0. The fraction of sp³-hybridized carbons (Fsp3) is 0. The molecule has 1 aromatic carbocycles. The predicted molar refractivity (Wildman–Crippen MR) is 39.5 cm³/mol. The van der Waals surface area contributed by atoms with E-state index in [2.05, 4.69) is 10.2 Å². The highest BCUT2D eigenvalue weighted by atomic mass is 19.1. The van der Waals surface area contributed by atoms with Gasteiger partial charge >= 0.3 is 0 Å². The van der Waals surface area contributed by atoms with E-state index in [0.29, 0.717) is 5.52 Å². The highest BCUT2D eigenvalue weighted by Gasteiger charge is 1.94. The first-order valence-electron chi connectivity index (χ1n) is 3.23. The van der Waals surface area contributed by atoms with E-state index in [1.165, 1.54) is 12.1 Å². The molecule has 0 amide bonds. The fourth-order valence-corrected chi connectivity index (χ4v) is 0.954. The summed E-state index contributed by atoms with van der Waals surface area (Å²) < 4.78 is 12.6. The first-order valence-corrected chi connectivity index (χ1v) is 3.23. The number of nitrogens with zero attached hydrogens (tertiary/aromatic N) is 2. The van der Waals surface area contributed by atoms with Gasteiger partial charge in [-0.2, -0.15) is 10.2 Å². The maximum atomic E-state index is 12.6. The molecule has 0 bridgehead atoms. The van der Waals surface area contributed by atoms with E-state index in [1.54, 1.807) is 18.3 Å². The fourth-order valence-electron chi connectivity index (χ4n) is 0.954. The summed E-state index contributed by atoms with van der Waals surface area (Å²) in [6.07, 6.45) is 1.58. The van der Waals surface area contributed by atoms with Crippen molar-refractivity contribution in [3.8, 4) is 0 Å². The third-order valence-electron chi connectivity index (χ3n) is 1.48. The Labute approximate surface area is 62.7 Å². The van der Waals surface area contributed by atoms with E-state index in [-0.39, 0.29) is 5.82 Å². The van der Waals surface area contributed by atoms with Crippen LogP contribution in [0.4, 0.5) is 4.39 Å². The van der Waals surface area contributed by atoms with Gasteiger partial charge < -0.3 is 0 Å². The lowest BCUT2D eigenvalue weighted by Crippen LogP contribution is -1.82. The van der Waals surface area contributed by atoms with Crippen molar-refractivity contribution >= 4 is 10.9 Å². The van der Waals surface area contributed by atoms with Gasteiger partial charge in [0, 0.05) is 11.5 Å². The van der Waals surface area contributed by atoms with Crippen LogP contribution in [0.25, 0.3) is 10.9 Å². The summed E-state index contributed by atoms with van der Waals surface area (Å²) in [5.41, 5.74) is 0.590. The van der Waals surface area contributed by atoms with Crippen molar-refractivity contribution in [3.05, 3.63) is 36.3 Å². The Morgan fingerprint density at radius 3 is 3.00 bits per heavy atom. The van der Waals surface area contributed by atoms with E-state index in [4.69, 9.17) is 0 Å². The quantitative estimate of drug-likeness (QED) is 0.569. The van der Waals surface area contributed by atoms with Gasteiger partial charge in [0.1, 0.15) is 5.82 Å².